The van der Waals surface area contributed by atoms with Gasteiger partial charge in [-0.15, -0.1) is 0 Å². The number of nitrogens with zero attached hydrogens (tertiary/aromatic N) is 1. The number of hydrogen-bond donors (Lipinski definition) is 2. The number of carbonyl (C=O) groups is 2. The van der Waals surface area contributed by atoms with Gasteiger partial charge in [0.25, 0.3) is 15.9 Å². The normalized spacial score (nSPS) is 16.0. The maximum atomic E-state index is 13.0. The second kappa shape index (κ2) is 10.8. The van der Waals surface area contributed by atoms with Crippen LogP contribution in [0.2, 0.25) is 0 Å². The summed E-state index contributed by atoms with van der Waals surface area (Å²) in [7, 11) is -2.14. The van der Waals surface area contributed by atoms with E-state index in [1.54, 1.807) is 55.3 Å². The van der Waals surface area contributed by atoms with Crippen LogP contribution in [0.1, 0.15) is 40.7 Å². The number of carbonyl (C=O) groups excluding carboxylic acids is 2. The summed E-state index contributed by atoms with van der Waals surface area (Å²) >= 11 is 0. The Hall–Kier alpha value is -2.91. The van der Waals surface area contributed by atoms with Gasteiger partial charge in [0, 0.05) is 38.1 Å². The molecule has 2 amide bonds. The van der Waals surface area contributed by atoms with E-state index in [0.29, 0.717) is 49.4 Å². The number of rotatable bonds is 9. The molecule has 1 heterocycles. The number of methoxy groups -OCH3 is 1. The van der Waals surface area contributed by atoms with Gasteiger partial charge in [0.2, 0.25) is 5.91 Å². The first-order valence-electron chi connectivity index (χ1n) is 11.0. The first kappa shape index (κ1) is 24.7. The van der Waals surface area contributed by atoms with Crippen LogP contribution in [0.15, 0.2) is 47.4 Å². The fourth-order valence-corrected chi connectivity index (χ4v) is 5.27. The summed E-state index contributed by atoms with van der Waals surface area (Å²) in [6, 6.07) is 10.9. The van der Waals surface area contributed by atoms with E-state index in [4.69, 9.17) is 4.74 Å². The number of ether oxygens (including phenoxy) is 1. The van der Waals surface area contributed by atoms with E-state index in [0.717, 1.165) is 12.0 Å². The molecule has 3 rings (SSSR count). The predicted octanol–water partition coefficient (Wildman–Crippen LogP) is 2.86. The molecule has 0 radical (unpaired) electrons. The standard InChI is InChI=1S/C24H31N3O5S/c1-17-7-12-22(18(2)16-17)33(30,31)26-20-10-8-19(9-11-20)24(29)27-14-4-6-21(27)23(28)25-13-5-15-32-3/h7-12,16,21,26H,4-6,13-15H2,1-3H3,(H,25,28). The molecule has 1 atom stereocenters. The highest BCUT2D eigenvalue weighted by atomic mass is 32.2. The van der Waals surface area contributed by atoms with E-state index in [1.807, 2.05) is 13.0 Å². The van der Waals surface area contributed by atoms with Gasteiger partial charge in [-0.2, -0.15) is 0 Å². The molecule has 1 aliphatic heterocycles. The van der Waals surface area contributed by atoms with Crippen molar-refractivity contribution in [1.29, 1.82) is 0 Å². The van der Waals surface area contributed by atoms with Crippen molar-refractivity contribution in [2.24, 2.45) is 0 Å². The third-order valence-corrected chi connectivity index (χ3v) is 7.19. The molecule has 0 aromatic heterocycles. The number of hydrogen-bond acceptors (Lipinski definition) is 5. The molecule has 1 saturated heterocycles. The van der Waals surface area contributed by atoms with Gasteiger partial charge in [0.05, 0.1) is 4.90 Å². The van der Waals surface area contributed by atoms with Gasteiger partial charge in [0.1, 0.15) is 6.04 Å². The monoisotopic (exact) mass is 473 g/mol. The van der Waals surface area contributed by atoms with Crippen LogP contribution in [0, 0.1) is 13.8 Å². The second-order valence-electron chi connectivity index (χ2n) is 8.25. The molecule has 1 aliphatic rings. The van der Waals surface area contributed by atoms with Gasteiger partial charge in [0.15, 0.2) is 0 Å². The Bertz CT molecular complexity index is 1100. The van der Waals surface area contributed by atoms with Gasteiger partial charge < -0.3 is 15.0 Å². The fraction of sp³-hybridized carbons (Fsp3) is 0.417. The van der Waals surface area contributed by atoms with Crippen molar-refractivity contribution < 1.29 is 22.7 Å². The first-order valence-corrected chi connectivity index (χ1v) is 12.5. The Morgan fingerprint density at radius 2 is 1.85 bits per heavy atom. The van der Waals surface area contributed by atoms with E-state index >= 15 is 0 Å². The third kappa shape index (κ3) is 6.11. The number of sulfonamides is 1. The van der Waals surface area contributed by atoms with Crippen LogP contribution >= 0.6 is 0 Å². The summed E-state index contributed by atoms with van der Waals surface area (Å²) < 4.78 is 33.1. The van der Waals surface area contributed by atoms with E-state index in [-0.39, 0.29) is 16.7 Å². The smallest absolute Gasteiger partial charge is 0.262 e. The van der Waals surface area contributed by atoms with Crippen molar-refractivity contribution in [3.05, 3.63) is 59.2 Å². The zero-order valence-electron chi connectivity index (χ0n) is 19.3. The molecule has 9 heteroatoms. The average Bonchev–Trinajstić information content (AvgIpc) is 3.26. The molecule has 0 saturated carbocycles. The minimum atomic E-state index is -3.75. The number of nitrogens with one attached hydrogen (secondary N) is 2. The Morgan fingerprint density at radius 3 is 2.52 bits per heavy atom. The lowest BCUT2D eigenvalue weighted by Gasteiger charge is -2.24. The van der Waals surface area contributed by atoms with E-state index in [1.165, 1.54) is 0 Å². The predicted molar refractivity (Wildman–Crippen MR) is 127 cm³/mol. The van der Waals surface area contributed by atoms with Crippen LogP contribution < -0.4 is 10.0 Å². The lowest BCUT2D eigenvalue weighted by atomic mass is 10.1. The largest absolute Gasteiger partial charge is 0.385 e. The lowest BCUT2D eigenvalue weighted by Crippen LogP contribution is -2.46. The number of likely N-dealkylation sites (tertiary alicyclic amines) is 1. The first-order chi connectivity index (χ1) is 15.7. The fourth-order valence-electron chi connectivity index (χ4n) is 3.99. The number of benzene rings is 2. The van der Waals surface area contributed by atoms with Gasteiger partial charge in [-0.05, 0) is 69.0 Å². The number of aryl methyl sites for hydroxylation is 2. The van der Waals surface area contributed by atoms with Crippen molar-refractivity contribution in [1.82, 2.24) is 10.2 Å². The van der Waals surface area contributed by atoms with Crippen LogP contribution in [0.3, 0.4) is 0 Å². The van der Waals surface area contributed by atoms with Gasteiger partial charge in [-0.25, -0.2) is 8.42 Å². The maximum absolute atomic E-state index is 13.0. The van der Waals surface area contributed by atoms with Crippen molar-refractivity contribution >= 4 is 27.5 Å². The molecular weight excluding hydrogens is 442 g/mol. The van der Waals surface area contributed by atoms with Crippen molar-refractivity contribution in [3.63, 3.8) is 0 Å². The quantitative estimate of drug-likeness (QED) is 0.545. The van der Waals surface area contributed by atoms with Crippen molar-refractivity contribution in [2.45, 2.75) is 44.0 Å². The minimum absolute atomic E-state index is 0.158. The summed E-state index contributed by atoms with van der Waals surface area (Å²) in [6.45, 7) is 5.23. The molecule has 0 aliphatic carbocycles. The van der Waals surface area contributed by atoms with Crippen LogP contribution in [0.25, 0.3) is 0 Å². The zero-order valence-corrected chi connectivity index (χ0v) is 20.1. The summed E-state index contributed by atoms with van der Waals surface area (Å²) in [5.74, 6) is -0.400. The summed E-state index contributed by atoms with van der Waals surface area (Å²) in [5, 5.41) is 2.86. The topological polar surface area (TPSA) is 105 Å². The van der Waals surface area contributed by atoms with Crippen molar-refractivity contribution in [2.75, 3.05) is 31.5 Å². The molecule has 1 unspecified atom stereocenters. The molecule has 2 N–H and O–H groups in total. The Kier molecular flexibility index (Phi) is 8.10. The van der Waals surface area contributed by atoms with Gasteiger partial charge in [-0.1, -0.05) is 17.7 Å². The molecule has 0 bridgehead atoms. The molecule has 1 fully saturated rings. The zero-order chi connectivity index (χ0) is 24.0. The van der Waals surface area contributed by atoms with Gasteiger partial charge >= 0.3 is 0 Å². The Morgan fingerprint density at radius 1 is 1.12 bits per heavy atom. The van der Waals surface area contributed by atoms with Crippen LogP contribution in [0.5, 0.6) is 0 Å². The average molecular weight is 474 g/mol. The van der Waals surface area contributed by atoms with Crippen LogP contribution in [-0.4, -0.2) is 58.0 Å². The SMILES string of the molecule is COCCCNC(=O)C1CCCN1C(=O)c1ccc(NS(=O)(=O)c2ccc(C)cc2C)cc1. The molecule has 8 nitrogen and oxygen atoms in total. The van der Waals surface area contributed by atoms with E-state index in [9.17, 15) is 18.0 Å². The van der Waals surface area contributed by atoms with Crippen LogP contribution in [0.4, 0.5) is 5.69 Å². The summed E-state index contributed by atoms with van der Waals surface area (Å²) in [4.78, 5) is 27.3. The van der Waals surface area contributed by atoms with Crippen molar-refractivity contribution in [3.8, 4) is 0 Å². The second-order valence-corrected chi connectivity index (χ2v) is 9.90. The van der Waals surface area contributed by atoms with E-state index < -0.39 is 16.1 Å². The minimum Gasteiger partial charge on any atom is -0.385 e. The maximum Gasteiger partial charge on any atom is 0.262 e. The molecule has 178 valence electrons. The molecule has 0 spiro atoms. The molecule has 2 aromatic carbocycles. The lowest BCUT2D eigenvalue weighted by molar-refractivity contribution is -0.124. The summed E-state index contributed by atoms with van der Waals surface area (Å²) in [5.41, 5.74) is 2.41. The van der Waals surface area contributed by atoms with Gasteiger partial charge in [-0.3, -0.25) is 14.3 Å². The highest BCUT2D eigenvalue weighted by Gasteiger charge is 2.34. The number of anilines is 1. The van der Waals surface area contributed by atoms with E-state index in [2.05, 4.69) is 10.0 Å². The summed E-state index contributed by atoms with van der Waals surface area (Å²) in [6.07, 6.45) is 2.09. The highest BCUT2D eigenvalue weighted by molar-refractivity contribution is 7.92. The van der Waals surface area contributed by atoms with Crippen LogP contribution in [-0.2, 0) is 19.6 Å². The number of amides is 2. The third-order valence-electron chi connectivity index (χ3n) is 5.64. The highest BCUT2D eigenvalue weighted by Crippen LogP contribution is 2.23. The molecular formula is C24H31N3O5S. The Balaban J connectivity index is 1.66. The molecule has 2 aromatic rings. The molecule has 33 heavy (non-hydrogen) atoms. The Labute approximate surface area is 195 Å².